The highest BCUT2D eigenvalue weighted by Gasteiger charge is 2.29. The quantitative estimate of drug-likeness (QED) is 0.868. The Kier molecular flexibility index (Phi) is 6.29. The topological polar surface area (TPSA) is 47.6 Å². The summed E-state index contributed by atoms with van der Waals surface area (Å²) >= 11 is 5.72. The van der Waals surface area contributed by atoms with Crippen LogP contribution >= 0.6 is 11.6 Å². The van der Waals surface area contributed by atoms with Gasteiger partial charge in [0.1, 0.15) is 11.9 Å². The molecule has 1 amide bonds. The third-order valence-electron chi connectivity index (χ3n) is 2.38. The summed E-state index contributed by atoms with van der Waals surface area (Å²) in [5.41, 5.74) is 0.0974. The molecule has 4 nitrogen and oxygen atoms in total. The third kappa shape index (κ3) is 6.22. The molecule has 1 N–H and O–H groups in total. The predicted molar refractivity (Wildman–Crippen MR) is 72.7 cm³/mol. The maximum Gasteiger partial charge on any atom is 0.422 e. The van der Waals surface area contributed by atoms with E-state index in [9.17, 15) is 18.0 Å². The Morgan fingerprint density at radius 1 is 1.43 bits per heavy atom. The van der Waals surface area contributed by atoms with Gasteiger partial charge < -0.3 is 14.8 Å². The molecule has 0 radical (unpaired) electrons. The summed E-state index contributed by atoms with van der Waals surface area (Å²) in [6, 6.07) is 4.00. The Morgan fingerprint density at radius 3 is 2.67 bits per heavy atom. The lowest BCUT2D eigenvalue weighted by Gasteiger charge is -2.16. The Hall–Kier alpha value is -1.47. The van der Waals surface area contributed by atoms with E-state index in [2.05, 4.69) is 10.1 Å². The van der Waals surface area contributed by atoms with E-state index in [0.717, 1.165) is 0 Å². The van der Waals surface area contributed by atoms with E-state index in [4.69, 9.17) is 16.3 Å². The van der Waals surface area contributed by atoms with Crippen molar-refractivity contribution in [2.24, 2.45) is 0 Å². The fourth-order valence-electron chi connectivity index (χ4n) is 1.44. The number of carbonyl (C=O) groups excluding carboxylic acids is 1. The van der Waals surface area contributed by atoms with Crippen LogP contribution in [-0.2, 0) is 9.53 Å². The molecular weight excluding hydrogens is 311 g/mol. The minimum absolute atomic E-state index is 0.0974. The molecule has 0 saturated heterocycles. The number of amides is 1. The molecule has 1 aromatic rings. The lowest BCUT2D eigenvalue weighted by molar-refractivity contribution is -0.153. The van der Waals surface area contributed by atoms with Gasteiger partial charge in [-0.3, -0.25) is 4.79 Å². The molecule has 1 rings (SSSR count). The number of anilines is 1. The lowest BCUT2D eigenvalue weighted by Crippen LogP contribution is -2.28. The lowest BCUT2D eigenvalue weighted by atomic mass is 10.2. The zero-order valence-corrected chi connectivity index (χ0v) is 12.2. The van der Waals surface area contributed by atoms with Gasteiger partial charge in [0.15, 0.2) is 6.61 Å². The maximum atomic E-state index is 12.2. The predicted octanol–water partition coefficient (Wildman–Crippen LogP) is 3.64. The molecule has 118 valence electrons. The van der Waals surface area contributed by atoms with E-state index in [1.54, 1.807) is 6.92 Å². The number of hydrogen-bond acceptors (Lipinski definition) is 3. The first-order valence-corrected chi connectivity index (χ1v) is 6.52. The first-order valence-electron chi connectivity index (χ1n) is 6.14. The fraction of sp³-hybridized carbons (Fsp3) is 0.462. The average molecular weight is 326 g/mol. The minimum Gasteiger partial charge on any atom is -0.482 e. The molecule has 0 fully saturated rings. The summed E-state index contributed by atoms with van der Waals surface area (Å²) in [4.78, 5) is 11.8. The Morgan fingerprint density at radius 2 is 2.10 bits per heavy atom. The van der Waals surface area contributed by atoms with E-state index in [1.807, 2.05) is 0 Å². The highest BCUT2D eigenvalue weighted by atomic mass is 35.5. The van der Waals surface area contributed by atoms with Crippen LogP contribution in [0.3, 0.4) is 0 Å². The highest BCUT2D eigenvalue weighted by Crippen LogP contribution is 2.30. The summed E-state index contributed by atoms with van der Waals surface area (Å²) < 4.78 is 46.4. The van der Waals surface area contributed by atoms with E-state index < -0.39 is 24.8 Å². The first kappa shape index (κ1) is 17.6. The summed E-state index contributed by atoms with van der Waals surface area (Å²) in [7, 11) is 0. The van der Waals surface area contributed by atoms with Gasteiger partial charge in [-0.1, -0.05) is 11.6 Å². The van der Waals surface area contributed by atoms with Crippen LogP contribution in [0, 0.1) is 0 Å². The van der Waals surface area contributed by atoms with Crippen molar-refractivity contribution in [2.45, 2.75) is 26.1 Å². The smallest absolute Gasteiger partial charge is 0.422 e. The number of nitrogens with one attached hydrogen (secondary N) is 1. The van der Waals surface area contributed by atoms with Gasteiger partial charge in [-0.2, -0.15) is 13.2 Å². The minimum atomic E-state index is -4.48. The Labute approximate surface area is 125 Å². The molecule has 8 heteroatoms. The van der Waals surface area contributed by atoms with Crippen molar-refractivity contribution < 1.29 is 27.4 Å². The molecule has 0 aromatic heterocycles. The van der Waals surface area contributed by atoms with Gasteiger partial charge in [-0.25, -0.2) is 0 Å². The van der Waals surface area contributed by atoms with Gasteiger partial charge in [-0.05, 0) is 26.0 Å². The van der Waals surface area contributed by atoms with Gasteiger partial charge in [0.25, 0.3) is 5.91 Å². The van der Waals surface area contributed by atoms with Crippen molar-refractivity contribution >= 4 is 23.2 Å². The summed E-state index contributed by atoms with van der Waals surface area (Å²) in [6.07, 6.45) is -5.22. The number of alkyl halides is 3. The summed E-state index contributed by atoms with van der Waals surface area (Å²) in [5.74, 6) is -0.645. The molecule has 1 atom stereocenters. The molecule has 0 bridgehead atoms. The standard InChI is InChI=1S/C13H15ClF3NO3/c1-3-20-8(2)12(19)18-10-5-4-9(14)6-11(10)21-7-13(15,16)17/h4-6,8H,3,7H2,1-2H3,(H,18,19)/t8-/m1/s1. The van der Waals surface area contributed by atoms with Crippen LogP contribution in [0.1, 0.15) is 13.8 Å². The molecular formula is C13H15ClF3NO3. The van der Waals surface area contributed by atoms with Crippen LogP contribution in [0.4, 0.5) is 18.9 Å². The molecule has 21 heavy (non-hydrogen) atoms. The van der Waals surface area contributed by atoms with E-state index in [0.29, 0.717) is 6.61 Å². The number of carbonyl (C=O) groups is 1. The van der Waals surface area contributed by atoms with Crippen LogP contribution in [0.2, 0.25) is 5.02 Å². The molecule has 0 aliphatic rings. The van der Waals surface area contributed by atoms with Crippen molar-refractivity contribution in [3.8, 4) is 5.75 Å². The van der Waals surface area contributed by atoms with Crippen LogP contribution < -0.4 is 10.1 Å². The molecule has 0 spiro atoms. The zero-order chi connectivity index (χ0) is 16.0. The second-order valence-corrected chi connectivity index (χ2v) is 4.57. The van der Waals surface area contributed by atoms with Crippen molar-refractivity contribution in [1.82, 2.24) is 0 Å². The van der Waals surface area contributed by atoms with E-state index in [-0.39, 0.29) is 16.5 Å². The second kappa shape index (κ2) is 7.51. The van der Waals surface area contributed by atoms with Gasteiger partial charge in [0.05, 0.1) is 5.69 Å². The number of hydrogen-bond donors (Lipinski definition) is 1. The molecule has 0 aliphatic carbocycles. The van der Waals surface area contributed by atoms with Crippen LogP contribution in [-0.4, -0.2) is 31.4 Å². The summed E-state index contributed by atoms with van der Waals surface area (Å²) in [6.45, 7) is 2.12. The number of ether oxygens (including phenoxy) is 2. The number of halogens is 4. The van der Waals surface area contributed by atoms with E-state index >= 15 is 0 Å². The SMILES string of the molecule is CCO[C@H](C)C(=O)Nc1ccc(Cl)cc1OCC(F)(F)F. The Balaban J connectivity index is 2.84. The van der Waals surface area contributed by atoms with Gasteiger partial charge >= 0.3 is 6.18 Å². The second-order valence-electron chi connectivity index (χ2n) is 4.13. The first-order chi connectivity index (χ1) is 9.73. The van der Waals surface area contributed by atoms with Crippen LogP contribution in [0.5, 0.6) is 5.75 Å². The molecule has 0 aliphatic heterocycles. The van der Waals surface area contributed by atoms with Crippen molar-refractivity contribution in [3.63, 3.8) is 0 Å². The number of rotatable bonds is 6. The van der Waals surface area contributed by atoms with Crippen molar-refractivity contribution in [1.29, 1.82) is 0 Å². The summed E-state index contributed by atoms with van der Waals surface area (Å²) in [5, 5.41) is 2.64. The molecule has 0 saturated carbocycles. The third-order valence-corrected chi connectivity index (χ3v) is 2.61. The van der Waals surface area contributed by atoms with Crippen LogP contribution in [0.15, 0.2) is 18.2 Å². The monoisotopic (exact) mass is 325 g/mol. The normalized spacial score (nSPS) is 12.9. The number of benzene rings is 1. The fourth-order valence-corrected chi connectivity index (χ4v) is 1.60. The van der Waals surface area contributed by atoms with Crippen molar-refractivity contribution in [3.05, 3.63) is 23.2 Å². The van der Waals surface area contributed by atoms with Gasteiger partial charge in [0.2, 0.25) is 0 Å². The maximum absolute atomic E-state index is 12.2. The van der Waals surface area contributed by atoms with E-state index in [1.165, 1.54) is 25.1 Å². The highest BCUT2D eigenvalue weighted by molar-refractivity contribution is 6.30. The molecule has 0 unspecified atom stereocenters. The zero-order valence-electron chi connectivity index (χ0n) is 11.5. The average Bonchev–Trinajstić information content (AvgIpc) is 2.38. The Bertz CT molecular complexity index is 494. The molecule has 0 heterocycles. The largest absolute Gasteiger partial charge is 0.482 e. The van der Waals surface area contributed by atoms with Crippen molar-refractivity contribution in [2.75, 3.05) is 18.5 Å². The molecule has 1 aromatic carbocycles. The van der Waals surface area contributed by atoms with Gasteiger partial charge in [0, 0.05) is 17.7 Å². The van der Waals surface area contributed by atoms with Crippen LogP contribution in [0.25, 0.3) is 0 Å². The van der Waals surface area contributed by atoms with Gasteiger partial charge in [-0.15, -0.1) is 0 Å².